The molecule has 0 fully saturated rings. The Morgan fingerprint density at radius 3 is 2.58 bits per heavy atom. The highest BCUT2D eigenvalue weighted by Crippen LogP contribution is 2.48. The summed E-state index contributed by atoms with van der Waals surface area (Å²) in [6, 6.07) is 15.3. The van der Waals surface area contributed by atoms with Crippen molar-refractivity contribution < 1.29 is 0 Å². The number of hydrogen-bond acceptors (Lipinski definition) is 2. The van der Waals surface area contributed by atoms with Crippen molar-refractivity contribution in [2.24, 2.45) is 0 Å². The van der Waals surface area contributed by atoms with E-state index in [-0.39, 0.29) is 0 Å². The predicted octanol–water partition coefficient (Wildman–Crippen LogP) is 3.90. The van der Waals surface area contributed by atoms with E-state index in [1.807, 2.05) is 0 Å². The SMILES string of the molecule is Cc1cccc2c1C1N(C)C=CN1c1ccccc1-2. The zero-order valence-corrected chi connectivity index (χ0v) is 11.2. The summed E-state index contributed by atoms with van der Waals surface area (Å²) >= 11 is 0. The zero-order chi connectivity index (χ0) is 13.0. The van der Waals surface area contributed by atoms with Crippen LogP contribution in [0.1, 0.15) is 17.3 Å². The highest BCUT2D eigenvalue weighted by Gasteiger charge is 2.35. The van der Waals surface area contributed by atoms with Gasteiger partial charge < -0.3 is 9.80 Å². The lowest BCUT2D eigenvalue weighted by molar-refractivity contribution is 0.365. The summed E-state index contributed by atoms with van der Waals surface area (Å²) in [5, 5.41) is 0. The number of benzene rings is 2. The first-order valence-electron chi connectivity index (χ1n) is 6.65. The van der Waals surface area contributed by atoms with Gasteiger partial charge >= 0.3 is 0 Å². The molecule has 2 aliphatic heterocycles. The van der Waals surface area contributed by atoms with Crippen LogP contribution in [-0.4, -0.2) is 11.9 Å². The average molecular weight is 248 g/mol. The molecule has 0 radical (unpaired) electrons. The topological polar surface area (TPSA) is 6.48 Å². The summed E-state index contributed by atoms with van der Waals surface area (Å²) in [5.74, 6) is 0. The minimum atomic E-state index is 0.297. The first kappa shape index (κ1) is 10.7. The molecule has 0 aromatic heterocycles. The van der Waals surface area contributed by atoms with Crippen molar-refractivity contribution in [2.75, 3.05) is 11.9 Å². The fourth-order valence-electron chi connectivity index (χ4n) is 3.28. The molecule has 2 heteroatoms. The van der Waals surface area contributed by atoms with Gasteiger partial charge in [-0.1, -0.05) is 36.4 Å². The van der Waals surface area contributed by atoms with Gasteiger partial charge in [0.05, 0.1) is 5.69 Å². The van der Waals surface area contributed by atoms with Gasteiger partial charge in [0, 0.05) is 30.6 Å². The van der Waals surface area contributed by atoms with Crippen molar-refractivity contribution >= 4 is 5.69 Å². The van der Waals surface area contributed by atoms with E-state index in [9.17, 15) is 0 Å². The molecule has 0 N–H and O–H groups in total. The van der Waals surface area contributed by atoms with E-state index in [0.29, 0.717) is 6.17 Å². The molecule has 0 amide bonds. The standard InChI is InChI=1S/C17H16N2/c1-12-6-5-8-14-13-7-3-4-9-15(13)19-11-10-18(2)17(19)16(12)14/h3-11,17H,1-2H3. The summed E-state index contributed by atoms with van der Waals surface area (Å²) in [5.41, 5.74) is 6.78. The second-order valence-electron chi connectivity index (χ2n) is 5.30. The van der Waals surface area contributed by atoms with Crippen LogP contribution >= 0.6 is 0 Å². The Morgan fingerprint density at radius 1 is 0.895 bits per heavy atom. The molecule has 2 aromatic carbocycles. The van der Waals surface area contributed by atoms with Crippen molar-refractivity contribution in [3.63, 3.8) is 0 Å². The maximum atomic E-state index is 2.37. The van der Waals surface area contributed by atoms with Crippen LogP contribution in [0.15, 0.2) is 54.9 Å². The monoisotopic (exact) mass is 248 g/mol. The molecule has 0 spiro atoms. The Kier molecular flexibility index (Phi) is 2.05. The fourth-order valence-corrected chi connectivity index (χ4v) is 3.28. The lowest BCUT2D eigenvalue weighted by Crippen LogP contribution is -2.32. The second kappa shape index (κ2) is 3.64. The van der Waals surface area contributed by atoms with Crippen molar-refractivity contribution in [1.29, 1.82) is 0 Å². The number of para-hydroxylation sites is 1. The fraction of sp³-hybridized carbons (Fsp3) is 0.176. The summed E-state index contributed by atoms with van der Waals surface area (Å²) in [4.78, 5) is 4.65. The van der Waals surface area contributed by atoms with Crippen LogP contribution in [0.3, 0.4) is 0 Å². The lowest BCUT2D eigenvalue weighted by Gasteiger charge is -2.38. The molecule has 2 aliphatic rings. The van der Waals surface area contributed by atoms with Gasteiger partial charge in [-0.05, 0) is 24.1 Å². The minimum absolute atomic E-state index is 0.297. The first-order chi connectivity index (χ1) is 9.27. The number of fused-ring (bicyclic) bond motifs is 6. The minimum Gasteiger partial charge on any atom is -0.355 e. The lowest BCUT2D eigenvalue weighted by atomic mass is 9.88. The molecule has 0 aliphatic carbocycles. The molecule has 94 valence electrons. The quantitative estimate of drug-likeness (QED) is 0.697. The van der Waals surface area contributed by atoms with Gasteiger partial charge in [-0.2, -0.15) is 0 Å². The average Bonchev–Trinajstić information content (AvgIpc) is 2.82. The van der Waals surface area contributed by atoms with Crippen LogP contribution in [0.2, 0.25) is 0 Å². The van der Waals surface area contributed by atoms with Gasteiger partial charge in [0.2, 0.25) is 0 Å². The van der Waals surface area contributed by atoms with Gasteiger partial charge in [-0.15, -0.1) is 0 Å². The number of anilines is 1. The summed E-state index contributed by atoms with van der Waals surface area (Å²) in [6.07, 6.45) is 4.63. The van der Waals surface area contributed by atoms with Crippen molar-refractivity contribution in [1.82, 2.24) is 4.90 Å². The van der Waals surface area contributed by atoms with Gasteiger partial charge in [0.25, 0.3) is 0 Å². The second-order valence-corrected chi connectivity index (χ2v) is 5.30. The zero-order valence-electron chi connectivity index (χ0n) is 11.2. The molecule has 0 saturated heterocycles. The van der Waals surface area contributed by atoms with Crippen LogP contribution < -0.4 is 4.90 Å². The predicted molar refractivity (Wildman–Crippen MR) is 78.7 cm³/mol. The molecular weight excluding hydrogens is 232 g/mol. The maximum absolute atomic E-state index is 2.37. The highest BCUT2D eigenvalue weighted by molar-refractivity contribution is 5.86. The molecular formula is C17H16N2. The molecule has 2 aromatic rings. The van der Waals surface area contributed by atoms with Crippen LogP contribution in [0, 0.1) is 6.92 Å². The highest BCUT2D eigenvalue weighted by atomic mass is 15.4. The number of hydrogen-bond donors (Lipinski definition) is 0. The third kappa shape index (κ3) is 1.31. The molecule has 19 heavy (non-hydrogen) atoms. The Balaban J connectivity index is 2.08. The van der Waals surface area contributed by atoms with Gasteiger partial charge in [0.15, 0.2) is 0 Å². The van der Waals surface area contributed by atoms with E-state index in [2.05, 4.69) is 78.6 Å². The van der Waals surface area contributed by atoms with Gasteiger partial charge in [0.1, 0.15) is 6.17 Å². The Morgan fingerprint density at radius 2 is 1.68 bits per heavy atom. The third-order valence-corrected chi connectivity index (χ3v) is 4.17. The van der Waals surface area contributed by atoms with Crippen LogP contribution in [0.5, 0.6) is 0 Å². The molecule has 2 heterocycles. The van der Waals surface area contributed by atoms with E-state index in [0.717, 1.165) is 0 Å². The normalized spacial score (nSPS) is 19.2. The van der Waals surface area contributed by atoms with E-state index in [4.69, 9.17) is 0 Å². The summed E-state index contributed by atoms with van der Waals surface area (Å²) < 4.78 is 0. The molecule has 0 bridgehead atoms. The third-order valence-electron chi connectivity index (χ3n) is 4.17. The molecule has 1 atom stereocenters. The van der Waals surface area contributed by atoms with Gasteiger partial charge in [-0.3, -0.25) is 0 Å². The van der Waals surface area contributed by atoms with E-state index in [1.54, 1.807) is 0 Å². The largest absolute Gasteiger partial charge is 0.355 e. The van der Waals surface area contributed by atoms with Crippen LogP contribution in [0.25, 0.3) is 11.1 Å². The van der Waals surface area contributed by atoms with E-state index in [1.165, 1.54) is 27.9 Å². The Labute approximate surface area is 113 Å². The Bertz CT molecular complexity index is 687. The van der Waals surface area contributed by atoms with Crippen molar-refractivity contribution in [3.05, 3.63) is 66.0 Å². The van der Waals surface area contributed by atoms with Crippen LogP contribution in [-0.2, 0) is 0 Å². The van der Waals surface area contributed by atoms with E-state index < -0.39 is 0 Å². The van der Waals surface area contributed by atoms with Gasteiger partial charge in [-0.25, -0.2) is 0 Å². The summed E-state index contributed by atoms with van der Waals surface area (Å²) in [6.45, 7) is 2.21. The number of aryl methyl sites for hydroxylation is 1. The van der Waals surface area contributed by atoms with Crippen LogP contribution in [0.4, 0.5) is 5.69 Å². The molecule has 2 nitrogen and oxygen atoms in total. The Hall–Kier alpha value is -2.22. The number of rotatable bonds is 0. The smallest absolute Gasteiger partial charge is 0.132 e. The molecule has 4 rings (SSSR count). The summed E-state index contributed by atoms with van der Waals surface area (Å²) in [7, 11) is 2.14. The first-order valence-corrected chi connectivity index (χ1v) is 6.65. The van der Waals surface area contributed by atoms with Crippen molar-refractivity contribution in [2.45, 2.75) is 13.1 Å². The molecule has 1 unspecified atom stereocenters. The number of nitrogens with zero attached hydrogens (tertiary/aromatic N) is 2. The maximum Gasteiger partial charge on any atom is 0.132 e. The van der Waals surface area contributed by atoms with E-state index >= 15 is 0 Å². The van der Waals surface area contributed by atoms with Crippen molar-refractivity contribution in [3.8, 4) is 11.1 Å². The molecule has 0 saturated carbocycles.